The maximum atomic E-state index is 13.1. The zero-order chi connectivity index (χ0) is 22.6. The Hall–Kier alpha value is -3.25. The highest BCUT2D eigenvalue weighted by molar-refractivity contribution is 7.93. The SMILES string of the molecule is O=C(C=Cc1ccc(F)cc1C(F)(F)F)Nc1ccc(S(=O)(=O)Nc2nccs2)cc1. The third kappa shape index (κ3) is 5.89. The van der Waals surface area contributed by atoms with Crippen LogP contribution in [0.4, 0.5) is 28.4 Å². The third-order valence-electron chi connectivity index (χ3n) is 3.82. The van der Waals surface area contributed by atoms with Crippen molar-refractivity contribution in [2.45, 2.75) is 11.1 Å². The minimum absolute atomic E-state index is 0.0719. The molecule has 162 valence electrons. The van der Waals surface area contributed by atoms with Crippen molar-refractivity contribution in [3.05, 3.63) is 77.1 Å². The van der Waals surface area contributed by atoms with Crippen LogP contribution < -0.4 is 10.0 Å². The molecule has 0 aliphatic rings. The fourth-order valence-electron chi connectivity index (χ4n) is 2.43. The number of hydrogen-bond acceptors (Lipinski definition) is 5. The van der Waals surface area contributed by atoms with Gasteiger partial charge in [0.15, 0.2) is 5.13 Å². The summed E-state index contributed by atoms with van der Waals surface area (Å²) in [5.41, 5.74) is -1.37. The molecule has 0 bridgehead atoms. The quantitative estimate of drug-likeness (QED) is 0.401. The summed E-state index contributed by atoms with van der Waals surface area (Å²) in [6.45, 7) is 0. The molecule has 1 amide bonds. The van der Waals surface area contributed by atoms with Gasteiger partial charge in [-0.2, -0.15) is 13.2 Å². The predicted molar refractivity (Wildman–Crippen MR) is 108 cm³/mol. The number of anilines is 2. The number of nitrogens with one attached hydrogen (secondary N) is 2. The van der Waals surface area contributed by atoms with Crippen molar-refractivity contribution in [2.24, 2.45) is 0 Å². The van der Waals surface area contributed by atoms with Crippen LogP contribution in [0.25, 0.3) is 6.08 Å². The van der Waals surface area contributed by atoms with Gasteiger partial charge < -0.3 is 5.32 Å². The number of hydrogen-bond donors (Lipinski definition) is 2. The number of carbonyl (C=O) groups excluding carboxylic acids is 1. The second-order valence-electron chi connectivity index (χ2n) is 6.02. The first-order valence-corrected chi connectivity index (χ1v) is 10.8. The molecule has 0 aliphatic heterocycles. The van der Waals surface area contributed by atoms with E-state index in [-0.39, 0.29) is 21.3 Å². The van der Waals surface area contributed by atoms with E-state index in [0.717, 1.165) is 35.6 Å². The molecule has 0 aliphatic carbocycles. The summed E-state index contributed by atoms with van der Waals surface area (Å²) in [5, 5.41) is 4.20. The molecular weight excluding hydrogens is 458 g/mol. The fourth-order valence-corrected chi connectivity index (χ4v) is 4.22. The molecule has 12 heteroatoms. The first-order chi connectivity index (χ1) is 14.5. The predicted octanol–water partition coefficient (Wildman–Crippen LogP) is 4.75. The van der Waals surface area contributed by atoms with Crippen LogP contribution in [-0.2, 0) is 21.0 Å². The highest BCUT2D eigenvalue weighted by Gasteiger charge is 2.33. The highest BCUT2D eigenvalue weighted by atomic mass is 32.2. The number of carbonyl (C=O) groups is 1. The summed E-state index contributed by atoms with van der Waals surface area (Å²) in [5.74, 6) is -1.80. The van der Waals surface area contributed by atoms with Crippen LogP contribution in [0.2, 0.25) is 0 Å². The number of rotatable bonds is 6. The molecular formula is C19H13F4N3O3S2. The van der Waals surface area contributed by atoms with Crippen molar-refractivity contribution >= 4 is 44.2 Å². The van der Waals surface area contributed by atoms with Crippen molar-refractivity contribution in [3.63, 3.8) is 0 Å². The lowest BCUT2D eigenvalue weighted by molar-refractivity contribution is -0.138. The van der Waals surface area contributed by atoms with Gasteiger partial charge in [0.05, 0.1) is 10.5 Å². The number of sulfonamides is 1. The molecule has 31 heavy (non-hydrogen) atoms. The molecule has 0 radical (unpaired) electrons. The average Bonchev–Trinajstić information content (AvgIpc) is 3.19. The van der Waals surface area contributed by atoms with E-state index in [4.69, 9.17) is 0 Å². The van der Waals surface area contributed by atoms with E-state index in [0.29, 0.717) is 6.07 Å². The van der Waals surface area contributed by atoms with Crippen LogP contribution in [-0.4, -0.2) is 19.3 Å². The van der Waals surface area contributed by atoms with Gasteiger partial charge in [-0.15, -0.1) is 11.3 Å². The van der Waals surface area contributed by atoms with Crippen molar-refractivity contribution in [1.29, 1.82) is 0 Å². The fraction of sp³-hybridized carbons (Fsp3) is 0.0526. The highest BCUT2D eigenvalue weighted by Crippen LogP contribution is 2.33. The van der Waals surface area contributed by atoms with E-state index < -0.39 is 33.5 Å². The van der Waals surface area contributed by atoms with Gasteiger partial charge in [-0.3, -0.25) is 9.52 Å². The molecule has 3 aromatic rings. The summed E-state index contributed by atoms with van der Waals surface area (Å²) < 4.78 is 78.9. The number of amides is 1. The van der Waals surface area contributed by atoms with Crippen molar-refractivity contribution in [3.8, 4) is 0 Å². The lowest BCUT2D eigenvalue weighted by Crippen LogP contribution is -2.13. The zero-order valence-corrected chi connectivity index (χ0v) is 17.0. The number of halogens is 4. The number of benzene rings is 2. The molecule has 0 saturated carbocycles. The molecule has 0 atom stereocenters. The van der Waals surface area contributed by atoms with Crippen LogP contribution in [0.1, 0.15) is 11.1 Å². The van der Waals surface area contributed by atoms with Crippen LogP contribution in [0.3, 0.4) is 0 Å². The van der Waals surface area contributed by atoms with Crippen molar-refractivity contribution < 1.29 is 30.8 Å². The Morgan fingerprint density at radius 2 is 1.81 bits per heavy atom. The van der Waals surface area contributed by atoms with Gasteiger partial charge in [0, 0.05) is 23.3 Å². The van der Waals surface area contributed by atoms with Gasteiger partial charge in [0.2, 0.25) is 5.91 Å². The second-order valence-corrected chi connectivity index (χ2v) is 8.60. The van der Waals surface area contributed by atoms with Gasteiger partial charge in [0.25, 0.3) is 10.0 Å². The van der Waals surface area contributed by atoms with E-state index in [1.165, 1.54) is 30.5 Å². The average molecular weight is 471 g/mol. The van der Waals surface area contributed by atoms with Gasteiger partial charge in [-0.05, 0) is 48.0 Å². The van der Waals surface area contributed by atoms with E-state index in [1.807, 2.05) is 0 Å². The van der Waals surface area contributed by atoms with Gasteiger partial charge >= 0.3 is 6.18 Å². The first kappa shape index (κ1) is 22.4. The zero-order valence-electron chi connectivity index (χ0n) is 15.4. The minimum Gasteiger partial charge on any atom is -0.323 e. The maximum absolute atomic E-state index is 13.1. The second kappa shape index (κ2) is 8.86. The summed E-state index contributed by atoms with van der Waals surface area (Å²) in [6.07, 6.45) is -1.57. The summed E-state index contributed by atoms with van der Waals surface area (Å²) in [6, 6.07) is 7.25. The monoisotopic (exact) mass is 471 g/mol. The summed E-state index contributed by atoms with van der Waals surface area (Å²) in [4.78, 5) is 15.8. The van der Waals surface area contributed by atoms with Gasteiger partial charge in [-0.25, -0.2) is 17.8 Å². The lowest BCUT2D eigenvalue weighted by Gasteiger charge is -2.10. The molecule has 2 aromatic carbocycles. The topological polar surface area (TPSA) is 88.2 Å². The van der Waals surface area contributed by atoms with Crippen LogP contribution in [0.5, 0.6) is 0 Å². The summed E-state index contributed by atoms with van der Waals surface area (Å²) >= 11 is 1.11. The Bertz CT molecular complexity index is 1210. The molecule has 0 saturated heterocycles. The molecule has 0 spiro atoms. The largest absolute Gasteiger partial charge is 0.417 e. The van der Waals surface area contributed by atoms with E-state index in [9.17, 15) is 30.8 Å². The van der Waals surface area contributed by atoms with Gasteiger partial charge in [-0.1, -0.05) is 6.07 Å². The Balaban J connectivity index is 1.69. The Kier molecular flexibility index (Phi) is 6.41. The number of thiazole rings is 1. The van der Waals surface area contributed by atoms with E-state index >= 15 is 0 Å². The molecule has 3 rings (SSSR count). The standard InChI is InChI=1S/C19H13F4N3O3S2/c20-13-3-1-12(16(11-13)19(21,22)23)2-8-17(27)25-14-4-6-15(7-5-14)31(28,29)26-18-24-9-10-30-18/h1-11H,(H,24,26)(H,25,27). The van der Waals surface area contributed by atoms with Gasteiger partial charge in [0.1, 0.15) is 5.82 Å². The number of aromatic nitrogens is 1. The normalized spacial score (nSPS) is 12.1. The van der Waals surface area contributed by atoms with E-state index in [1.54, 1.807) is 5.38 Å². The molecule has 6 nitrogen and oxygen atoms in total. The van der Waals surface area contributed by atoms with Crippen LogP contribution in [0, 0.1) is 5.82 Å². The molecule has 0 unspecified atom stereocenters. The lowest BCUT2D eigenvalue weighted by atomic mass is 10.1. The molecule has 2 N–H and O–H groups in total. The summed E-state index contributed by atoms with van der Waals surface area (Å²) in [7, 11) is -3.86. The molecule has 1 aromatic heterocycles. The smallest absolute Gasteiger partial charge is 0.323 e. The van der Waals surface area contributed by atoms with Crippen LogP contribution in [0.15, 0.2) is 65.0 Å². The Morgan fingerprint density at radius 3 is 2.42 bits per heavy atom. The number of nitrogens with zero attached hydrogens (tertiary/aromatic N) is 1. The molecule has 1 heterocycles. The van der Waals surface area contributed by atoms with Crippen molar-refractivity contribution in [2.75, 3.05) is 10.0 Å². The van der Waals surface area contributed by atoms with Crippen molar-refractivity contribution in [1.82, 2.24) is 4.98 Å². The third-order valence-corrected chi connectivity index (χ3v) is 5.99. The Labute approximate surface area is 178 Å². The minimum atomic E-state index is -4.79. The van der Waals surface area contributed by atoms with Crippen LogP contribution >= 0.6 is 11.3 Å². The Morgan fingerprint density at radius 1 is 1.10 bits per heavy atom. The maximum Gasteiger partial charge on any atom is 0.417 e. The van der Waals surface area contributed by atoms with E-state index in [2.05, 4.69) is 15.0 Å². The first-order valence-electron chi connectivity index (χ1n) is 8.43. The molecule has 0 fully saturated rings. The number of alkyl halides is 3.